The fourth-order valence-electron chi connectivity index (χ4n) is 1.79. The van der Waals surface area contributed by atoms with Crippen LogP contribution in [0.2, 0.25) is 5.02 Å². The summed E-state index contributed by atoms with van der Waals surface area (Å²) in [5.41, 5.74) is 0.918. The van der Waals surface area contributed by atoms with E-state index < -0.39 is 6.10 Å². The molecule has 1 rings (SSSR count). The Labute approximate surface area is 126 Å². The van der Waals surface area contributed by atoms with Gasteiger partial charge in [0.25, 0.3) is 0 Å². The Bertz CT molecular complexity index is 431. The molecule has 0 amide bonds. The average molecular weight is 296 g/mol. The van der Waals surface area contributed by atoms with Crippen molar-refractivity contribution >= 4 is 11.6 Å². The van der Waals surface area contributed by atoms with Crippen LogP contribution < -0.4 is 5.32 Å². The lowest BCUT2D eigenvalue weighted by Gasteiger charge is -2.16. The highest BCUT2D eigenvalue weighted by Gasteiger charge is 2.08. The summed E-state index contributed by atoms with van der Waals surface area (Å²) < 4.78 is 5.46. The third kappa shape index (κ3) is 6.40. The molecule has 2 unspecified atom stereocenters. The molecule has 0 saturated heterocycles. The number of hydrogen-bond acceptors (Lipinski definition) is 3. The number of terminal acetylenes is 1. The number of nitrogens with one attached hydrogen (secondary N) is 1. The first-order valence-corrected chi connectivity index (χ1v) is 7.23. The van der Waals surface area contributed by atoms with E-state index in [1.54, 1.807) is 0 Å². The zero-order valence-electron chi connectivity index (χ0n) is 11.8. The van der Waals surface area contributed by atoms with Gasteiger partial charge in [-0.2, -0.15) is 0 Å². The van der Waals surface area contributed by atoms with Crippen molar-refractivity contribution in [2.24, 2.45) is 0 Å². The number of ether oxygens (including phenoxy) is 1. The molecular weight excluding hydrogens is 274 g/mol. The summed E-state index contributed by atoms with van der Waals surface area (Å²) in [4.78, 5) is 0. The Kier molecular flexibility index (Phi) is 8.32. The maximum absolute atomic E-state index is 9.82. The van der Waals surface area contributed by atoms with Gasteiger partial charge in [0, 0.05) is 11.6 Å². The van der Waals surface area contributed by atoms with Gasteiger partial charge in [0.15, 0.2) is 0 Å². The standard InChI is InChI=1S/C16H22ClNO2/c1-3-7-14(4-2)18-10-15(19)12-20-11-13-8-5-6-9-16(13)17/h2,5-6,8-9,14-15,18-19H,3,7,10-12H2,1H3. The fraction of sp³-hybridized carbons (Fsp3) is 0.500. The van der Waals surface area contributed by atoms with E-state index in [1.165, 1.54) is 0 Å². The third-order valence-corrected chi connectivity index (χ3v) is 3.27. The smallest absolute Gasteiger partial charge is 0.0898 e. The van der Waals surface area contributed by atoms with Crippen LogP contribution in [0.25, 0.3) is 0 Å². The lowest BCUT2D eigenvalue weighted by Crippen LogP contribution is -2.36. The molecule has 1 aromatic rings. The van der Waals surface area contributed by atoms with Crippen molar-refractivity contribution < 1.29 is 9.84 Å². The van der Waals surface area contributed by atoms with Crippen LogP contribution in [-0.2, 0) is 11.3 Å². The summed E-state index contributed by atoms with van der Waals surface area (Å²) in [7, 11) is 0. The topological polar surface area (TPSA) is 41.5 Å². The maximum Gasteiger partial charge on any atom is 0.0898 e. The molecule has 0 aliphatic rings. The van der Waals surface area contributed by atoms with Gasteiger partial charge in [-0.25, -0.2) is 0 Å². The zero-order valence-corrected chi connectivity index (χ0v) is 12.6. The fourth-order valence-corrected chi connectivity index (χ4v) is 1.98. The van der Waals surface area contributed by atoms with Gasteiger partial charge in [-0.05, 0) is 18.1 Å². The SMILES string of the molecule is C#CC(CCC)NCC(O)COCc1ccccc1Cl. The molecule has 0 aromatic heterocycles. The highest BCUT2D eigenvalue weighted by Crippen LogP contribution is 2.15. The van der Waals surface area contributed by atoms with Gasteiger partial charge in [0.1, 0.15) is 0 Å². The van der Waals surface area contributed by atoms with Gasteiger partial charge in [-0.1, -0.05) is 49.1 Å². The summed E-state index contributed by atoms with van der Waals surface area (Å²) in [5, 5.41) is 13.6. The van der Waals surface area contributed by atoms with Gasteiger partial charge < -0.3 is 15.2 Å². The van der Waals surface area contributed by atoms with Crippen molar-refractivity contribution in [3.63, 3.8) is 0 Å². The van der Waals surface area contributed by atoms with Crippen molar-refractivity contribution in [2.45, 2.75) is 38.5 Å². The molecule has 0 spiro atoms. The predicted octanol–water partition coefficient (Wildman–Crippen LogP) is 2.61. The van der Waals surface area contributed by atoms with E-state index in [-0.39, 0.29) is 12.6 Å². The molecule has 3 nitrogen and oxygen atoms in total. The van der Waals surface area contributed by atoms with Crippen molar-refractivity contribution in [3.05, 3.63) is 34.9 Å². The number of aliphatic hydroxyl groups excluding tert-OH is 1. The van der Waals surface area contributed by atoms with Crippen LogP contribution in [0.4, 0.5) is 0 Å². The molecular formula is C16H22ClNO2. The van der Waals surface area contributed by atoms with Crippen LogP contribution in [-0.4, -0.2) is 30.4 Å². The highest BCUT2D eigenvalue weighted by atomic mass is 35.5. The van der Waals surface area contributed by atoms with Crippen molar-refractivity contribution in [1.82, 2.24) is 5.32 Å². The van der Waals surface area contributed by atoms with E-state index in [4.69, 9.17) is 22.8 Å². The van der Waals surface area contributed by atoms with E-state index >= 15 is 0 Å². The Balaban J connectivity index is 2.22. The molecule has 4 heteroatoms. The van der Waals surface area contributed by atoms with E-state index in [0.717, 1.165) is 18.4 Å². The normalized spacial score (nSPS) is 13.7. The van der Waals surface area contributed by atoms with Crippen LogP contribution in [0.15, 0.2) is 24.3 Å². The number of rotatable bonds is 9. The molecule has 0 radical (unpaired) electrons. The minimum Gasteiger partial charge on any atom is -0.389 e. The first-order chi connectivity index (χ1) is 9.67. The van der Waals surface area contributed by atoms with Gasteiger partial charge in [-0.15, -0.1) is 6.42 Å². The van der Waals surface area contributed by atoms with Crippen molar-refractivity contribution in [1.29, 1.82) is 0 Å². The Morgan fingerprint density at radius 2 is 2.20 bits per heavy atom. The first-order valence-electron chi connectivity index (χ1n) is 6.86. The van der Waals surface area contributed by atoms with Crippen LogP contribution in [0.5, 0.6) is 0 Å². The molecule has 0 aliphatic heterocycles. The number of hydrogen-bond donors (Lipinski definition) is 2. The molecule has 0 aliphatic carbocycles. The lowest BCUT2D eigenvalue weighted by molar-refractivity contribution is 0.0282. The van der Waals surface area contributed by atoms with Crippen LogP contribution in [0.3, 0.4) is 0 Å². The van der Waals surface area contributed by atoms with Crippen LogP contribution in [0, 0.1) is 12.3 Å². The maximum atomic E-state index is 9.82. The van der Waals surface area contributed by atoms with Crippen LogP contribution in [0.1, 0.15) is 25.3 Å². The third-order valence-electron chi connectivity index (χ3n) is 2.90. The summed E-state index contributed by atoms with van der Waals surface area (Å²) in [6, 6.07) is 7.52. The lowest BCUT2D eigenvalue weighted by atomic mass is 10.2. The van der Waals surface area contributed by atoms with Gasteiger partial charge in [0.05, 0.1) is 25.4 Å². The second-order valence-corrected chi connectivity index (χ2v) is 5.08. The highest BCUT2D eigenvalue weighted by molar-refractivity contribution is 6.31. The molecule has 0 fully saturated rings. The van der Waals surface area contributed by atoms with Crippen molar-refractivity contribution in [3.8, 4) is 12.3 Å². The summed E-state index contributed by atoms with van der Waals surface area (Å²) >= 11 is 6.02. The minimum absolute atomic E-state index is 0.0122. The van der Waals surface area contributed by atoms with Crippen LogP contribution >= 0.6 is 11.6 Å². The van der Waals surface area contributed by atoms with Crippen molar-refractivity contribution in [2.75, 3.05) is 13.2 Å². The Morgan fingerprint density at radius 3 is 2.85 bits per heavy atom. The minimum atomic E-state index is -0.579. The molecule has 0 saturated carbocycles. The second kappa shape index (κ2) is 9.79. The number of aliphatic hydroxyl groups is 1. The molecule has 2 atom stereocenters. The van der Waals surface area contributed by atoms with E-state index in [9.17, 15) is 5.11 Å². The van der Waals surface area contributed by atoms with Gasteiger partial charge in [-0.3, -0.25) is 0 Å². The second-order valence-electron chi connectivity index (χ2n) is 4.68. The van der Waals surface area contributed by atoms with E-state index in [0.29, 0.717) is 18.2 Å². The molecule has 110 valence electrons. The summed E-state index contributed by atoms with van der Waals surface area (Å²) in [5.74, 6) is 2.67. The molecule has 20 heavy (non-hydrogen) atoms. The number of halogens is 1. The zero-order chi connectivity index (χ0) is 14.8. The Hall–Kier alpha value is -1.05. The number of benzene rings is 1. The molecule has 2 N–H and O–H groups in total. The molecule has 0 bridgehead atoms. The monoisotopic (exact) mass is 295 g/mol. The predicted molar refractivity (Wildman–Crippen MR) is 82.6 cm³/mol. The summed E-state index contributed by atoms with van der Waals surface area (Å²) in [6.07, 6.45) is 6.74. The Morgan fingerprint density at radius 1 is 1.45 bits per heavy atom. The largest absolute Gasteiger partial charge is 0.389 e. The first kappa shape index (κ1) is 17.0. The molecule has 0 heterocycles. The van der Waals surface area contributed by atoms with E-state index in [1.807, 2.05) is 24.3 Å². The average Bonchev–Trinajstić information content (AvgIpc) is 2.45. The van der Waals surface area contributed by atoms with E-state index in [2.05, 4.69) is 18.2 Å². The quantitative estimate of drug-likeness (QED) is 0.688. The molecule has 1 aromatic carbocycles. The summed E-state index contributed by atoms with van der Waals surface area (Å²) in [6.45, 7) is 3.15. The van der Waals surface area contributed by atoms with Gasteiger partial charge >= 0.3 is 0 Å². The van der Waals surface area contributed by atoms with Gasteiger partial charge in [0.2, 0.25) is 0 Å².